The summed E-state index contributed by atoms with van der Waals surface area (Å²) in [7, 11) is 0. The lowest BCUT2D eigenvalue weighted by molar-refractivity contribution is -0.129. The van der Waals surface area contributed by atoms with E-state index >= 15 is 0 Å². The van der Waals surface area contributed by atoms with Gasteiger partial charge < -0.3 is 14.2 Å². The molecule has 158 valence electrons. The molecule has 1 aliphatic rings. The second-order valence-corrected chi connectivity index (χ2v) is 8.12. The van der Waals surface area contributed by atoms with Gasteiger partial charge in [-0.3, -0.25) is 0 Å². The molecule has 2 aromatic carbocycles. The molecule has 0 unspecified atom stereocenters. The third-order valence-electron chi connectivity index (χ3n) is 4.71. The largest absolute Gasteiger partial charge is 0.493 e. The van der Waals surface area contributed by atoms with E-state index in [0.29, 0.717) is 24.9 Å². The van der Waals surface area contributed by atoms with Crippen molar-refractivity contribution in [2.24, 2.45) is 4.99 Å². The Kier molecular flexibility index (Phi) is 6.48. The van der Waals surface area contributed by atoms with Crippen molar-refractivity contribution in [3.8, 4) is 11.5 Å². The Morgan fingerprint density at radius 1 is 1.00 bits per heavy atom. The molecular weight excluding hydrogens is 410 g/mol. The molecule has 6 heteroatoms. The molecule has 4 rings (SSSR count). The number of para-hydroxylation sites is 1. The maximum atomic E-state index is 12.2. The number of hydrogen-bond acceptors (Lipinski definition) is 6. The topological polar surface area (TPSA) is 57.1 Å². The highest BCUT2D eigenvalue weighted by Gasteiger charge is 2.25. The molecule has 1 aromatic heterocycles. The summed E-state index contributed by atoms with van der Waals surface area (Å²) >= 11 is 1.48. The van der Waals surface area contributed by atoms with Crippen LogP contribution >= 0.6 is 11.3 Å². The lowest BCUT2D eigenvalue weighted by Crippen LogP contribution is -2.06. The number of ether oxygens (including phenoxy) is 3. The number of cyclic esters (lactones) is 1. The zero-order chi connectivity index (χ0) is 21.6. The summed E-state index contributed by atoms with van der Waals surface area (Å²) in [5.41, 5.74) is 3.34. The Hall–Kier alpha value is -3.38. The minimum absolute atomic E-state index is 0.262. The first-order valence-electron chi connectivity index (χ1n) is 10.1. The van der Waals surface area contributed by atoms with Gasteiger partial charge in [-0.2, -0.15) is 0 Å². The molecule has 0 bridgehead atoms. The van der Waals surface area contributed by atoms with E-state index in [0.717, 1.165) is 28.2 Å². The number of hydrogen-bond donors (Lipinski definition) is 0. The Labute approximate surface area is 185 Å². The van der Waals surface area contributed by atoms with Crippen LogP contribution in [-0.4, -0.2) is 25.1 Å². The molecule has 0 atom stereocenters. The molecule has 0 saturated carbocycles. The van der Waals surface area contributed by atoms with Gasteiger partial charge in [-0.05, 0) is 54.6 Å². The zero-order valence-electron chi connectivity index (χ0n) is 17.5. The lowest BCUT2D eigenvalue weighted by Gasteiger charge is -2.12. The summed E-state index contributed by atoms with van der Waals surface area (Å²) in [6.45, 7) is 5.15. The van der Waals surface area contributed by atoms with Gasteiger partial charge in [0.25, 0.3) is 0 Å². The number of rotatable bonds is 8. The van der Waals surface area contributed by atoms with E-state index in [1.807, 2.05) is 54.8 Å². The van der Waals surface area contributed by atoms with Gasteiger partial charge in [-0.15, -0.1) is 11.3 Å². The molecule has 0 N–H and O–H groups in total. The first-order valence-corrected chi connectivity index (χ1v) is 11.0. The van der Waals surface area contributed by atoms with Crippen LogP contribution in [0.2, 0.25) is 0 Å². The monoisotopic (exact) mass is 433 g/mol. The molecule has 0 amide bonds. The molecule has 0 saturated heterocycles. The standard InChI is InChI=1S/C25H23NO4S/c1-17-10-11-18(2)22(15-17)29-13-6-12-28-21-8-4-3-7-19(21)16-20-25(27)30-24(26-20)23-9-5-14-31-23/h3-5,7-11,14-16H,6,12-13H2,1-2H3/b20-16+. The Morgan fingerprint density at radius 2 is 1.81 bits per heavy atom. The molecule has 31 heavy (non-hydrogen) atoms. The van der Waals surface area contributed by atoms with Crippen molar-refractivity contribution in [1.29, 1.82) is 0 Å². The molecule has 0 spiro atoms. The summed E-state index contributed by atoms with van der Waals surface area (Å²) < 4.78 is 17.1. The molecule has 5 nitrogen and oxygen atoms in total. The summed E-state index contributed by atoms with van der Waals surface area (Å²) in [5, 5.41) is 1.92. The van der Waals surface area contributed by atoms with Crippen molar-refractivity contribution >= 4 is 29.3 Å². The van der Waals surface area contributed by atoms with Gasteiger partial charge in [0.05, 0.1) is 18.1 Å². The maximum Gasteiger partial charge on any atom is 0.363 e. The summed E-state index contributed by atoms with van der Waals surface area (Å²) in [6.07, 6.45) is 2.44. The maximum absolute atomic E-state index is 12.2. The zero-order valence-corrected chi connectivity index (χ0v) is 18.3. The number of esters is 1. The fourth-order valence-corrected chi connectivity index (χ4v) is 3.73. The number of carbonyl (C=O) groups excluding carboxylic acids is 1. The van der Waals surface area contributed by atoms with E-state index in [9.17, 15) is 4.79 Å². The smallest absolute Gasteiger partial charge is 0.363 e. The van der Waals surface area contributed by atoms with Gasteiger partial charge in [0.2, 0.25) is 5.90 Å². The van der Waals surface area contributed by atoms with Crippen LogP contribution in [0.3, 0.4) is 0 Å². The highest BCUT2D eigenvalue weighted by atomic mass is 32.1. The van der Waals surface area contributed by atoms with Crippen molar-refractivity contribution in [2.75, 3.05) is 13.2 Å². The second-order valence-electron chi connectivity index (χ2n) is 7.17. The summed E-state index contributed by atoms with van der Waals surface area (Å²) in [4.78, 5) is 17.4. The predicted molar refractivity (Wildman–Crippen MR) is 123 cm³/mol. The van der Waals surface area contributed by atoms with Crippen LogP contribution in [0.5, 0.6) is 11.5 Å². The molecule has 3 aromatic rings. The van der Waals surface area contributed by atoms with Gasteiger partial charge in [-0.25, -0.2) is 9.79 Å². The minimum Gasteiger partial charge on any atom is -0.493 e. The first-order chi connectivity index (χ1) is 15.1. The van der Waals surface area contributed by atoms with Crippen molar-refractivity contribution < 1.29 is 19.0 Å². The van der Waals surface area contributed by atoms with E-state index in [1.54, 1.807) is 6.08 Å². The number of aryl methyl sites for hydroxylation is 2. The fourth-order valence-electron chi connectivity index (χ4n) is 3.08. The van der Waals surface area contributed by atoms with Gasteiger partial charge in [0, 0.05) is 12.0 Å². The van der Waals surface area contributed by atoms with Crippen LogP contribution in [0.4, 0.5) is 0 Å². The van der Waals surface area contributed by atoms with Gasteiger partial charge in [0.1, 0.15) is 11.5 Å². The highest BCUT2D eigenvalue weighted by Crippen LogP contribution is 2.26. The molecule has 0 radical (unpaired) electrons. The number of carbonyl (C=O) groups is 1. The Balaban J connectivity index is 1.37. The summed E-state index contributed by atoms with van der Waals surface area (Å²) in [5.74, 6) is 1.48. The second kappa shape index (κ2) is 9.62. The van der Waals surface area contributed by atoms with Crippen molar-refractivity contribution in [2.45, 2.75) is 20.3 Å². The average Bonchev–Trinajstić information content (AvgIpc) is 3.42. The van der Waals surface area contributed by atoms with Crippen LogP contribution in [0, 0.1) is 13.8 Å². The first kappa shape index (κ1) is 20.9. The number of aliphatic imine (C=N–C) groups is 1. The van der Waals surface area contributed by atoms with Crippen LogP contribution in [0.1, 0.15) is 28.0 Å². The Bertz CT molecular complexity index is 1130. The van der Waals surface area contributed by atoms with Crippen molar-refractivity contribution in [1.82, 2.24) is 0 Å². The Morgan fingerprint density at radius 3 is 2.61 bits per heavy atom. The average molecular weight is 434 g/mol. The summed E-state index contributed by atoms with van der Waals surface area (Å²) in [6, 6.07) is 17.5. The molecule has 2 heterocycles. The van der Waals surface area contributed by atoms with Crippen LogP contribution in [0.15, 0.2) is 70.7 Å². The number of nitrogens with zero attached hydrogens (tertiary/aromatic N) is 1. The molecule has 0 fully saturated rings. The lowest BCUT2D eigenvalue weighted by atomic mass is 10.1. The third-order valence-corrected chi connectivity index (χ3v) is 5.57. The minimum atomic E-state index is -0.458. The normalized spacial score (nSPS) is 14.5. The highest BCUT2D eigenvalue weighted by molar-refractivity contribution is 7.12. The molecule has 0 aliphatic carbocycles. The van der Waals surface area contributed by atoms with E-state index in [4.69, 9.17) is 14.2 Å². The van der Waals surface area contributed by atoms with E-state index < -0.39 is 5.97 Å². The van der Waals surface area contributed by atoms with Gasteiger partial charge >= 0.3 is 5.97 Å². The van der Waals surface area contributed by atoms with Gasteiger partial charge in [-0.1, -0.05) is 36.4 Å². The molecular formula is C25H23NO4S. The van der Waals surface area contributed by atoms with Crippen LogP contribution in [-0.2, 0) is 9.53 Å². The third kappa shape index (κ3) is 5.22. The molecule has 1 aliphatic heterocycles. The van der Waals surface area contributed by atoms with Crippen molar-refractivity contribution in [3.63, 3.8) is 0 Å². The van der Waals surface area contributed by atoms with E-state index in [2.05, 4.69) is 24.0 Å². The number of benzene rings is 2. The number of thiophene rings is 1. The predicted octanol–water partition coefficient (Wildman–Crippen LogP) is 5.56. The van der Waals surface area contributed by atoms with E-state index in [-0.39, 0.29) is 5.70 Å². The van der Waals surface area contributed by atoms with Gasteiger partial charge in [0.15, 0.2) is 5.70 Å². The SMILES string of the molecule is Cc1ccc(C)c(OCCCOc2ccccc2/C=C2/N=C(c3cccs3)OC2=O)c1. The quantitative estimate of drug-likeness (QED) is 0.265. The van der Waals surface area contributed by atoms with Crippen LogP contribution in [0.25, 0.3) is 6.08 Å². The van der Waals surface area contributed by atoms with Crippen molar-refractivity contribution in [3.05, 3.63) is 87.2 Å². The fraction of sp³-hybridized carbons (Fsp3) is 0.200. The van der Waals surface area contributed by atoms with E-state index in [1.165, 1.54) is 16.9 Å². The van der Waals surface area contributed by atoms with Crippen LogP contribution < -0.4 is 9.47 Å².